The molecule has 1 N–H and O–H groups in total. The zero-order valence-corrected chi connectivity index (χ0v) is 16.9. The molecule has 1 heterocycles. The van der Waals surface area contributed by atoms with Crippen molar-refractivity contribution in [3.63, 3.8) is 0 Å². The molecule has 1 aliphatic heterocycles. The smallest absolute Gasteiger partial charge is 0.403 e. The Morgan fingerprint density at radius 1 is 1.14 bits per heavy atom. The van der Waals surface area contributed by atoms with Gasteiger partial charge in [0.2, 0.25) is 5.91 Å². The van der Waals surface area contributed by atoms with E-state index >= 15 is 0 Å². The summed E-state index contributed by atoms with van der Waals surface area (Å²) in [6, 6.07) is 4.51. The second-order valence-electron chi connectivity index (χ2n) is 8.81. The molecule has 4 nitrogen and oxygen atoms in total. The number of hydrogen-bond donors (Lipinski definition) is 1. The molecular formula is C20H27BF3NO3. The van der Waals surface area contributed by atoms with Gasteiger partial charge in [-0.15, -0.1) is 0 Å². The summed E-state index contributed by atoms with van der Waals surface area (Å²) < 4.78 is 50.5. The molecule has 1 aromatic rings. The highest BCUT2D eigenvalue weighted by atomic mass is 19.4. The first-order valence-electron chi connectivity index (χ1n) is 9.67. The van der Waals surface area contributed by atoms with Crippen LogP contribution in [0.4, 0.5) is 18.9 Å². The van der Waals surface area contributed by atoms with Crippen LogP contribution in [-0.2, 0) is 20.3 Å². The van der Waals surface area contributed by atoms with Gasteiger partial charge in [0.05, 0.1) is 22.2 Å². The molecule has 1 saturated carbocycles. The lowest BCUT2D eigenvalue weighted by Gasteiger charge is -2.48. The first-order chi connectivity index (χ1) is 12.8. The number of rotatable bonds is 4. The average Bonchev–Trinajstić information content (AvgIpc) is 2.74. The van der Waals surface area contributed by atoms with E-state index in [2.05, 4.69) is 5.32 Å². The highest BCUT2D eigenvalue weighted by molar-refractivity contribution is 6.49. The fourth-order valence-electron chi connectivity index (χ4n) is 3.99. The minimum Gasteiger partial charge on any atom is -0.403 e. The molecule has 0 unspecified atom stereocenters. The Hall–Kier alpha value is -1.54. The standard InChI is InChI=1S/C20H27BF3NO3/c1-6-19(12-11-15(19)21-27-17(2,3)18(4,5)28-21)16(26)25-14-9-7-13(8-10-14)20(22,23)24/h7-10,15H,6,11-12H2,1-5H3,(H,25,26)/t15-,19+/m0/s1. The van der Waals surface area contributed by atoms with Crippen LogP contribution in [0.2, 0.25) is 5.82 Å². The number of carbonyl (C=O) groups excluding carboxylic acids is 1. The van der Waals surface area contributed by atoms with E-state index in [1.54, 1.807) is 0 Å². The highest BCUT2D eigenvalue weighted by Crippen LogP contribution is 2.58. The molecule has 8 heteroatoms. The maximum atomic E-state index is 13.1. The van der Waals surface area contributed by atoms with Crippen LogP contribution in [0.25, 0.3) is 0 Å². The van der Waals surface area contributed by atoms with Crippen LogP contribution in [0.1, 0.15) is 59.4 Å². The van der Waals surface area contributed by atoms with Crippen LogP contribution in [0.15, 0.2) is 24.3 Å². The van der Waals surface area contributed by atoms with Crippen LogP contribution >= 0.6 is 0 Å². The van der Waals surface area contributed by atoms with Crippen molar-refractivity contribution in [1.29, 1.82) is 0 Å². The molecular weight excluding hydrogens is 370 g/mol. The van der Waals surface area contributed by atoms with Gasteiger partial charge >= 0.3 is 13.3 Å². The van der Waals surface area contributed by atoms with E-state index in [4.69, 9.17) is 9.31 Å². The van der Waals surface area contributed by atoms with E-state index < -0.39 is 35.5 Å². The van der Waals surface area contributed by atoms with Crippen molar-refractivity contribution in [3.8, 4) is 0 Å². The molecule has 0 aromatic heterocycles. The topological polar surface area (TPSA) is 47.6 Å². The molecule has 2 atom stereocenters. The van der Waals surface area contributed by atoms with E-state index in [1.807, 2.05) is 34.6 Å². The maximum Gasteiger partial charge on any atom is 0.462 e. The minimum atomic E-state index is -4.40. The van der Waals surface area contributed by atoms with Crippen molar-refractivity contribution in [3.05, 3.63) is 29.8 Å². The number of benzene rings is 1. The summed E-state index contributed by atoms with van der Waals surface area (Å²) in [6.07, 6.45) is -2.28. The molecule has 1 amide bonds. The predicted octanol–water partition coefficient (Wildman–Crippen LogP) is 5.30. The lowest BCUT2D eigenvalue weighted by molar-refractivity contribution is -0.137. The fraction of sp³-hybridized carbons (Fsp3) is 0.650. The molecule has 1 saturated heterocycles. The first kappa shape index (κ1) is 21.2. The number of hydrogen-bond acceptors (Lipinski definition) is 3. The number of nitrogens with one attached hydrogen (secondary N) is 1. The molecule has 154 valence electrons. The second-order valence-corrected chi connectivity index (χ2v) is 8.81. The van der Waals surface area contributed by atoms with E-state index in [0.717, 1.165) is 18.6 Å². The number of amides is 1. The average molecular weight is 397 g/mol. The Bertz CT molecular complexity index is 728. The Morgan fingerprint density at radius 2 is 1.68 bits per heavy atom. The third-order valence-electron chi connectivity index (χ3n) is 6.76. The summed E-state index contributed by atoms with van der Waals surface area (Å²) in [7, 11) is -0.475. The largest absolute Gasteiger partial charge is 0.462 e. The number of anilines is 1. The highest BCUT2D eigenvalue weighted by Gasteiger charge is 2.63. The van der Waals surface area contributed by atoms with Gasteiger partial charge < -0.3 is 14.6 Å². The van der Waals surface area contributed by atoms with Gasteiger partial charge in [-0.3, -0.25) is 4.79 Å². The van der Waals surface area contributed by atoms with E-state index in [-0.39, 0.29) is 11.7 Å². The number of carbonyl (C=O) groups is 1. The van der Waals surface area contributed by atoms with Crippen LogP contribution in [0, 0.1) is 5.41 Å². The third kappa shape index (κ3) is 3.45. The molecule has 3 rings (SSSR count). The van der Waals surface area contributed by atoms with E-state index in [0.29, 0.717) is 18.5 Å². The van der Waals surface area contributed by atoms with Crippen molar-refractivity contribution in [2.24, 2.45) is 5.41 Å². The minimum absolute atomic E-state index is 0.0898. The van der Waals surface area contributed by atoms with Gasteiger partial charge in [-0.1, -0.05) is 6.92 Å². The second kappa shape index (κ2) is 6.77. The lowest BCUT2D eigenvalue weighted by atomic mass is 9.44. The molecule has 0 bridgehead atoms. The number of halogens is 3. The lowest BCUT2D eigenvalue weighted by Crippen LogP contribution is -2.52. The summed E-state index contributed by atoms with van der Waals surface area (Å²) >= 11 is 0. The first-order valence-corrected chi connectivity index (χ1v) is 9.67. The van der Waals surface area contributed by atoms with Crippen LogP contribution in [0.5, 0.6) is 0 Å². The van der Waals surface area contributed by atoms with Gasteiger partial charge in [-0.2, -0.15) is 13.2 Å². The van der Waals surface area contributed by atoms with Crippen LogP contribution < -0.4 is 5.32 Å². The monoisotopic (exact) mass is 397 g/mol. The van der Waals surface area contributed by atoms with Crippen molar-refractivity contribution >= 4 is 18.7 Å². The van der Waals surface area contributed by atoms with Gasteiger partial charge in [0, 0.05) is 11.5 Å². The molecule has 2 fully saturated rings. The molecule has 2 aliphatic rings. The Balaban J connectivity index is 1.74. The molecule has 0 radical (unpaired) electrons. The Morgan fingerprint density at radius 3 is 2.07 bits per heavy atom. The van der Waals surface area contributed by atoms with E-state index in [1.165, 1.54) is 12.1 Å². The van der Waals surface area contributed by atoms with Gasteiger partial charge in [0.15, 0.2) is 0 Å². The molecule has 0 spiro atoms. The van der Waals surface area contributed by atoms with Crippen LogP contribution in [-0.4, -0.2) is 24.2 Å². The molecule has 28 heavy (non-hydrogen) atoms. The van der Waals surface area contributed by atoms with Gasteiger partial charge in [0.25, 0.3) is 0 Å². The summed E-state index contributed by atoms with van der Waals surface area (Å²) in [5, 5.41) is 2.79. The van der Waals surface area contributed by atoms with Crippen molar-refractivity contribution in [1.82, 2.24) is 0 Å². The number of alkyl halides is 3. The summed E-state index contributed by atoms with van der Waals surface area (Å²) in [5.74, 6) is -0.284. The Labute approximate surface area is 164 Å². The van der Waals surface area contributed by atoms with Crippen molar-refractivity contribution in [2.75, 3.05) is 5.32 Å². The zero-order valence-electron chi connectivity index (χ0n) is 16.9. The third-order valence-corrected chi connectivity index (χ3v) is 6.76. The summed E-state index contributed by atoms with van der Waals surface area (Å²) in [5.41, 5.74) is -1.99. The van der Waals surface area contributed by atoms with Gasteiger partial charge in [0.1, 0.15) is 0 Å². The molecule has 1 aliphatic carbocycles. The van der Waals surface area contributed by atoms with E-state index in [9.17, 15) is 18.0 Å². The normalized spacial score (nSPS) is 28.7. The Kier molecular flexibility index (Phi) is 5.12. The van der Waals surface area contributed by atoms with Gasteiger partial charge in [-0.05, 0) is 71.2 Å². The summed E-state index contributed by atoms with van der Waals surface area (Å²) in [6.45, 7) is 9.84. The van der Waals surface area contributed by atoms with Gasteiger partial charge in [-0.25, -0.2) is 0 Å². The molecule has 1 aromatic carbocycles. The van der Waals surface area contributed by atoms with Crippen molar-refractivity contribution < 1.29 is 27.3 Å². The van der Waals surface area contributed by atoms with Crippen molar-refractivity contribution in [2.45, 2.75) is 77.1 Å². The maximum absolute atomic E-state index is 13.1. The fourth-order valence-corrected chi connectivity index (χ4v) is 3.99. The van der Waals surface area contributed by atoms with Crippen LogP contribution in [0.3, 0.4) is 0 Å². The predicted molar refractivity (Wildman–Crippen MR) is 102 cm³/mol. The zero-order chi connectivity index (χ0) is 21.0. The summed E-state index contributed by atoms with van der Waals surface area (Å²) in [4.78, 5) is 13.1. The quantitative estimate of drug-likeness (QED) is 0.702. The SMILES string of the molecule is CC[C@@]1(C(=O)Nc2ccc(C(F)(F)F)cc2)CC[C@@H]1B1OC(C)(C)C(C)(C)O1.